The van der Waals surface area contributed by atoms with E-state index in [-0.39, 0.29) is 29.3 Å². The summed E-state index contributed by atoms with van der Waals surface area (Å²) in [6.45, 7) is 4.98. The van der Waals surface area contributed by atoms with Crippen LogP contribution in [0.25, 0.3) is 0 Å². The number of halogens is 3. The molecule has 1 aliphatic carbocycles. The third-order valence-electron chi connectivity index (χ3n) is 7.05. The van der Waals surface area contributed by atoms with Gasteiger partial charge in [0.05, 0.1) is 11.8 Å². The van der Waals surface area contributed by atoms with Gasteiger partial charge < -0.3 is 20.9 Å². The van der Waals surface area contributed by atoms with Crippen LogP contribution in [0.15, 0.2) is 42.6 Å². The van der Waals surface area contributed by atoms with E-state index in [1.807, 2.05) is 11.9 Å². The second kappa shape index (κ2) is 11.6. The van der Waals surface area contributed by atoms with Crippen LogP contribution in [0, 0.1) is 6.92 Å². The van der Waals surface area contributed by atoms with E-state index in [9.17, 15) is 22.8 Å². The maximum absolute atomic E-state index is 13.9. The number of alkyl halides is 3. The van der Waals surface area contributed by atoms with E-state index in [2.05, 4.69) is 25.8 Å². The number of rotatable bonds is 8. The van der Waals surface area contributed by atoms with Crippen LogP contribution in [0.2, 0.25) is 0 Å². The lowest BCUT2D eigenvalue weighted by Gasteiger charge is -2.33. The standard InChI is InChI=1S/C28H31F3N6O2S/c1-17-3-4-18(13-23(17)35-26(39)24-15-32-27(40-24)34-20-7-8-20)25(38)33-21-6-5-19(22(14-21)28(29,30)31)16-37-11-9-36(2)10-12-37/h3-6,13-15,20H,7-12,16H2,1-2H3,(H,32,34)(H,33,38)(H,35,39). The molecule has 8 nitrogen and oxygen atoms in total. The van der Waals surface area contributed by atoms with Crippen molar-refractivity contribution in [3.8, 4) is 0 Å². The van der Waals surface area contributed by atoms with E-state index in [1.165, 1.54) is 35.7 Å². The zero-order valence-electron chi connectivity index (χ0n) is 22.3. The van der Waals surface area contributed by atoms with E-state index in [4.69, 9.17) is 0 Å². The van der Waals surface area contributed by atoms with Crippen molar-refractivity contribution < 1.29 is 22.8 Å². The van der Waals surface area contributed by atoms with E-state index in [0.29, 0.717) is 34.8 Å². The zero-order chi connectivity index (χ0) is 28.4. The Bertz CT molecular complexity index is 1400. The second-order valence-corrected chi connectivity index (χ2v) is 11.4. The van der Waals surface area contributed by atoms with Gasteiger partial charge in [-0.2, -0.15) is 13.2 Å². The summed E-state index contributed by atoms with van der Waals surface area (Å²) in [5.41, 5.74) is 0.831. The predicted molar refractivity (Wildman–Crippen MR) is 150 cm³/mol. The number of aromatic nitrogens is 1. The largest absolute Gasteiger partial charge is 0.416 e. The number of piperazine rings is 1. The number of thiazole rings is 1. The first-order valence-electron chi connectivity index (χ1n) is 13.1. The highest BCUT2D eigenvalue weighted by atomic mass is 32.1. The van der Waals surface area contributed by atoms with Gasteiger partial charge in [-0.25, -0.2) is 4.98 Å². The van der Waals surface area contributed by atoms with Gasteiger partial charge in [0.2, 0.25) is 0 Å². The van der Waals surface area contributed by atoms with Gasteiger partial charge in [-0.15, -0.1) is 0 Å². The number of nitrogens with one attached hydrogen (secondary N) is 3. The third-order valence-corrected chi connectivity index (χ3v) is 7.97. The zero-order valence-corrected chi connectivity index (χ0v) is 23.1. The van der Waals surface area contributed by atoms with Crippen LogP contribution in [-0.4, -0.2) is 65.9 Å². The van der Waals surface area contributed by atoms with Crippen molar-refractivity contribution >= 4 is 39.7 Å². The Morgan fingerprint density at radius 1 is 1.02 bits per heavy atom. The van der Waals surface area contributed by atoms with E-state index in [1.54, 1.807) is 19.1 Å². The average Bonchev–Trinajstić information content (AvgIpc) is 3.60. The fourth-order valence-corrected chi connectivity index (χ4v) is 5.22. The van der Waals surface area contributed by atoms with E-state index >= 15 is 0 Å². The molecule has 12 heteroatoms. The molecule has 2 aromatic carbocycles. The molecule has 5 rings (SSSR count). The summed E-state index contributed by atoms with van der Waals surface area (Å²) >= 11 is 1.25. The number of aryl methyl sites for hydroxylation is 1. The van der Waals surface area contributed by atoms with Crippen molar-refractivity contribution in [1.29, 1.82) is 0 Å². The highest BCUT2D eigenvalue weighted by Crippen LogP contribution is 2.35. The van der Waals surface area contributed by atoms with E-state index < -0.39 is 17.6 Å². The lowest BCUT2D eigenvalue weighted by Crippen LogP contribution is -2.44. The summed E-state index contributed by atoms with van der Waals surface area (Å²) in [6.07, 6.45) is -0.877. The molecular formula is C28H31F3N6O2S. The van der Waals surface area contributed by atoms with Crippen molar-refractivity contribution in [2.75, 3.05) is 49.2 Å². The van der Waals surface area contributed by atoms with Crippen LogP contribution in [0.3, 0.4) is 0 Å². The van der Waals surface area contributed by atoms with Crippen LogP contribution in [0.5, 0.6) is 0 Å². The van der Waals surface area contributed by atoms with Crippen molar-refractivity contribution in [3.05, 3.63) is 69.7 Å². The molecule has 1 aliphatic heterocycles. The average molecular weight is 573 g/mol. The maximum atomic E-state index is 13.9. The first kappa shape index (κ1) is 28.1. The van der Waals surface area contributed by atoms with Gasteiger partial charge in [-0.1, -0.05) is 23.5 Å². The molecule has 0 bridgehead atoms. The molecule has 2 fully saturated rings. The molecule has 2 aliphatic rings. The van der Waals surface area contributed by atoms with Crippen molar-refractivity contribution in [2.45, 2.75) is 38.5 Å². The van der Waals surface area contributed by atoms with Gasteiger partial charge in [0, 0.05) is 55.7 Å². The van der Waals surface area contributed by atoms with E-state index in [0.717, 1.165) is 37.6 Å². The molecule has 0 unspecified atom stereocenters. The first-order chi connectivity index (χ1) is 19.0. The molecule has 0 spiro atoms. The minimum atomic E-state index is -4.56. The fraction of sp³-hybridized carbons (Fsp3) is 0.393. The van der Waals surface area contributed by atoms with Crippen LogP contribution in [0.4, 0.5) is 29.7 Å². The van der Waals surface area contributed by atoms with Crippen molar-refractivity contribution in [3.63, 3.8) is 0 Å². The number of anilines is 3. The Kier molecular flexibility index (Phi) is 8.11. The van der Waals surface area contributed by atoms with Gasteiger partial charge in [0.1, 0.15) is 4.88 Å². The van der Waals surface area contributed by atoms with Gasteiger partial charge in [0.25, 0.3) is 11.8 Å². The molecule has 3 N–H and O–H groups in total. The lowest BCUT2D eigenvalue weighted by molar-refractivity contribution is -0.138. The molecule has 2 amide bonds. The summed E-state index contributed by atoms with van der Waals surface area (Å²) in [7, 11) is 1.99. The molecule has 1 aromatic heterocycles. The monoisotopic (exact) mass is 572 g/mol. The third kappa shape index (κ3) is 6.98. The number of likely N-dealkylation sites (N-methyl/N-ethyl adjacent to an activating group) is 1. The SMILES string of the molecule is Cc1ccc(C(=O)Nc2ccc(CN3CCN(C)CC3)c(C(F)(F)F)c2)cc1NC(=O)c1cnc(NC2CC2)s1. The Labute approximate surface area is 234 Å². The molecule has 212 valence electrons. The molecule has 3 aromatic rings. The lowest BCUT2D eigenvalue weighted by atomic mass is 10.0. The number of hydrogen-bond donors (Lipinski definition) is 3. The summed E-state index contributed by atoms with van der Waals surface area (Å²) in [5.74, 6) is -0.933. The topological polar surface area (TPSA) is 89.6 Å². The summed E-state index contributed by atoms with van der Waals surface area (Å²) in [6, 6.07) is 9.08. The smallest absolute Gasteiger partial charge is 0.359 e. The quantitative estimate of drug-likeness (QED) is 0.340. The van der Waals surface area contributed by atoms with Gasteiger partial charge in [0.15, 0.2) is 5.13 Å². The fourth-order valence-electron chi connectivity index (χ4n) is 4.44. The molecule has 1 saturated carbocycles. The molecule has 0 radical (unpaired) electrons. The number of amides is 2. The summed E-state index contributed by atoms with van der Waals surface area (Å²) in [4.78, 5) is 34.6. The molecular weight excluding hydrogens is 541 g/mol. The Morgan fingerprint density at radius 3 is 2.48 bits per heavy atom. The Balaban J connectivity index is 1.27. The predicted octanol–water partition coefficient (Wildman–Crippen LogP) is 5.30. The number of carbonyl (C=O) groups is 2. The van der Waals surface area contributed by atoms with Gasteiger partial charge >= 0.3 is 6.18 Å². The second-order valence-electron chi connectivity index (χ2n) is 10.3. The number of carbonyl (C=O) groups excluding carboxylic acids is 2. The first-order valence-corrected chi connectivity index (χ1v) is 13.9. The number of hydrogen-bond acceptors (Lipinski definition) is 7. The van der Waals surface area contributed by atoms with Crippen LogP contribution in [0.1, 0.15) is 49.6 Å². The van der Waals surface area contributed by atoms with Crippen LogP contribution in [-0.2, 0) is 12.7 Å². The summed E-state index contributed by atoms with van der Waals surface area (Å²) in [5, 5.41) is 9.33. The van der Waals surface area contributed by atoms with Gasteiger partial charge in [-0.3, -0.25) is 14.5 Å². The number of nitrogens with zero attached hydrogens (tertiary/aromatic N) is 3. The Hall–Kier alpha value is -3.48. The normalized spacial score (nSPS) is 16.5. The molecule has 40 heavy (non-hydrogen) atoms. The van der Waals surface area contributed by atoms with Crippen molar-refractivity contribution in [2.24, 2.45) is 0 Å². The van der Waals surface area contributed by atoms with Crippen LogP contribution < -0.4 is 16.0 Å². The summed E-state index contributed by atoms with van der Waals surface area (Å²) < 4.78 is 41.8. The minimum absolute atomic E-state index is 0.0472. The Morgan fingerprint density at radius 2 is 1.77 bits per heavy atom. The minimum Gasteiger partial charge on any atom is -0.359 e. The van der Waals surface area contributed by atoms with Crippen LogP contribution >= 0.6 is 11.3 Å². The van der Waals surface area contributed by atoms with Crippen molar-refractivity contribution in [1.82, 2.24) is 14.8 Å². The van der Waals surface area contributed by atoms with Gasteiger partial charge in [-0.05, 0) is 62.2 Å². The highest BCUT2D eigenvalue weighted by molar-refractivity contribution is 7.17. The maximum Gasteiger partial charge on any atom is 0.416 e. The number of benzene rings is 2. The molecule has 1 saturated heterocycles. The molecule has 0 atom stereocenters. The molecule has 2 heterocycles. The highest BCUT2D eigenvalue weighted by Gasteiger charge is 2.34.